The van der Waals surface area contributed by atoms with Gasteiger partial charge in [-0.1, -0.05) is 12.1 Å². The highest BCUT2D eigenvalue weighted by molar-refractivity contribution is 7.98. The number of carbonyl (C=O) groups excluding carboxylic acids is 1. The van der Waals surface area contributed by atoms with Crippen molar-refractivity contribution in [3.05, 3.63) is 35.6 Å². The molecule has 3 nitrogen and oxygen atoms in total. The van der Waals surface area contributed by atoms with Crippen molar-refractivity contribution in [2.45, 2.75) is 12.5 Å². The number of carbonyl (C=O) groups is 1. The molecule has 1 rings (SSSR count). The van der Waals surface area contributed by atoms with Crippen molar-refractivity contribution >= 4 is 17.7 Å². The van der Waals surface area contributed by atoms with Crippen molar-refractivity contribution in [3.63, 3.8) is 0 Å². The number of rotatable bonds is 5. The molecule has 1 aromatic carbocycles. The molecule has 0 fully saturated rings. The van der Waals surface area contributed by atoms with Crippen LogP contribution in [-0.4, -0.2) is 35.2 Å². The lowest BCUT2D eigenvalue weighted by molar-refractivity contribution is 0.0722. The Hall–Kier alpha value is -1.07. The van der Waals surface area contributed by atoms with Crippen LogP contribution in [0.25, 0.3) is 0 Å². The van der Waals surface area contributed by atoms with E-state index in [1.807, 2.05) is 6.26 Å². The van der Waals surface area contributed by atoms with Crippen molar-refractivity contribution in [1.29, 1.82) is 0 Å². The highest BCUT2D eigenvalue weighted by Gasteiger charge is 2.21. The highest BCUT2D eigenvalue weighted by atomic mass is 32.2. The van der Waals surface area contributed by atoms with Crippen LogP contribution in [-0.2, 0) is 0 Å². The third kappa shape index (κ3) is 4.36. The normalized spacial score (nSPS) is 14.1. The molecule has 0 spiro atoms. The first kappa shape index (κ1) is 14.0. The molecule has 1 aromatic rings. The van der Waals surface area contributed by atoms with E-state index in [2.05, 4.69) is 5.32 Å². The second-order valence-corrected chi connectivity index (χ2v) is 4.96. The van der Waals surface area contributed by atoms with Crippen LogP contribution >= 0.6 is 11.8 Å². The third-order valence-corrected chi connectivity index (χ3v) is 3.11. The molecular weight excluding hydrogens is 241 g/mol. The second-order valence-electron chi connectivity index (χ2n) is 4.09. The first-order valence-electron chi connectivity index (χ1n) is 5.20. The van der Waals surface area contributed by atoms with E-state index in [0.717, 1.165) is 0 Å². The maximum atomic E-state index is 13.3. The van der Waals surface area contributed by atoms with Gasteiger partial charge in [-0.25, -0.2) is 4.39 Å². The van der Waals surface area contributed by atoms with Crippen LogP contribution in [0.5, 0.6) is 0 Å². The lowest BCUT2D eigenvalue weighted by atomic mass is 10.1. The Morgan fingerprint density at radius 1 is 1.53 bits per heavy atom. The third-order valence-electron chi connectivity index (χ3n) is 2.20. The molecule has 0 aliphatic heterocycles. The number of amides is 1. The summed E-state index contributed by atoms with van der Waals surface area (Å²) in [4.78, 5) is 11.6. The Labute approximate surface area is 104 Å². The lowest BCUT2D eigenvalue weighted by Gasteiger charge is -2.22. The van der Waals surface area contributed by atoms with Gasteiger partial charge in [-0.2, -0.15) is 11.8 Å². The number of halogens is 1. The molecule has 0 bridgehead atoms. The van der Waals surface area contributed by atoms with Gasteiger partial charge >= 0.3 is 0 Å². The molecule has 0 saturated carbocycles. The Morgan fingerprint density at radius 2 is 2.18 bits per heavy atom. The number of thioether (sulfide) groups is 1. The molecule has 0 unspecified atom stereocenters. The van der Waals surface area contributed by atoms with E-state index in [4.69, 9.17) is 0 Å². The van der Waals surface area contributed by atoms with Gasteiger partial charge in [-0.15, -0.1) is 0 Å². The average Bonchev–Trinajstić information content (AvgIpc) is 2.27. The van der Waals surface area contributed by atoms with Crippen molar-refractivity contribution in [1.82, 2.24) is 5.32 Å². The monoisotopic (exact) mass is 257 g/mol. The summed E-state index contributed by atoms with van der Waals surface area (Å²) in [6.07, 6.45) is 1.87. The molecule has 0 saturated heterocycles. The van der Waals surface area contributed by atoms with E-state index in [0.29, 0.717) is 5.75 Å². The minimum Gasteiger partial charge on any atom is -0.387 e. The zero-order chi connectivity index (χ0) is 12.9. The molecule has 0 aliphatic carbocycles. The highest BCUT2D eigenvalue weighted by Crippen LogP contribution is 2.10. The fraction of sp³-hybridized carbons (Fsp3) is 0.417. The zero-order valence-corrected chi connectivity index (χ0v) is 10.7. The molecule has 1 amide bonds. The molecule has 0 heterocycles. The van der Waals surface area contributed by atoms with E-state index < -0.39 is 17.3 Å². The molecule has 94 valence electrons. The molecule has 2 N–H and O–H groups in total. The van der Waals surface area contributed by atoms with Crippen molar-refractivity contribution < 1.29 is 14.3 Å². The Kier molecular flexibility index (Phi) is 4.96. The molecule has 0 radical (unpaired) electrons. The number of hydrogen-bond acceptors (Lipinski definition) is 3. The number of benzene rings is 1. The standard InChI is InChI=1S/C12H16FNO2S/c1-12(16,8-17-2)7-14-11(15)9-5-3-4-6-10(9)13/h3-6,16H,7-8H2,1-2H3,(H,14,15)/t12-/m1/s1. The van der Waals surface area contributed by atoms with E-state index in [9.17, 15) is 14.3 Å². The summed E-state index contributed by atoms with van der Waals surface area (Å²) in [5.41, 5.74) is -0.993. The SMILES string of the molecule is CSC[C@](C)(O)CNC(=O)c1ccccc1F. The second kappa shape index (κ2) is 6.02. The average molecular weight is 257 g/mol. The van der Waals surface area contributed by atoms with Gasteiger partial charge in [-0.3, -0.25) is 4.79 Å². The van der Waals surface area contributed by atoms with Gasteiger partial charge in [0, 0.05) is 12.3 Å². The smallest absolute Gasteiger partial charge is 0.254 e. The minimum atomic E-state index is -0.986. The van der Waals surface area contributed by atoms with Gasteiger partial charge in [0.2, 0.25) is 0 Å². The van der Waals surface area contributed by atoms with Crippen LogP contribution in [0.1, 0.15) is 17.3 Å². The van der Waals surface area contributed by atoms with Gasteiger partial charge < -0.3 is 10.4 Å². The van der Waals surface area contributed by atoms with E-state index in [-0.39, 0.29) is 12.1 Å². The number of hydrogen-bond donors (Lipinski definition) is 2. The Balaban J connectivity index is 2.59. The summed E-state index contributed by atoms with van der Waals surface area (Å²) in [6.45, 7) is 1.73. The first-order valence-corrected chi connectivity index (χ1v) is 6.60. The number of aliphatic hydroxyl groups is 1. The fourth-order valence-electron chi connectivity index (χ4n) is 1.37. The Bertz CT molecular complexity index is 396. The largest absolute Gasteiger partial charge is 0.387 e. The quantitative estimate of drug-likeness (QED) is 0.843. The van der Waals surface area contributed by atoms with Gasteiger partial charge in [0.15, 0.2) is 0 Å². The van der Waals surface area contributed by atoms with Gasteiger partial charge in [0.05, 0.1) is 11.2 Å². The van der Waals surface area contributed by atoms with Crippen LogP contribution in [0, 0.1) is 5.82 Å². The maximum Gasteiger partial charge on any atom is 0.254 e. The number of nitrogens with one attached hydrogen (secondary N) is 1. The molecule has 5 heteroatoms. The van der Waals surface area contributed by atoms with Gasteiger partial charge in [0.25, 0.3) is 5.91 Å². The Morgan fingerprint density at radius 3 is 2.76 bits per heavy atom. The summed E-state index contributed by atoms with van der Waals surface area (Å²) >= 11 is 1.48. The molecule has 0 aromatic heterocycles. The van der Waals surface area contributed by atoms with Gasteiger partial charge in [-0.05, 0) is 25.3 Å². The summed E-state index contributed by atoms with van der Waals surface area (Å²) in [6, 6.07) is 5.76. The predicted octanol–water partition coefficient (Wildman–Crippen LogP) is 1.67. The summed E-state index contributed by atoms with van der Waals surface area (Å²) in [7, 11) is 0. The predicted molar refractivity (Wildman–Crippen MR) is 67.7 cm³/mol. The molecule has 17 heavy (non-hydrogen) atoms. The van der Waals surface area contributed by atoms with Crippen LogP contribution < -0.4 is 5.32 Å². The minimum absolute atomic E-state index is 0.00699. The summed E-state index contributed by atoms with van der Waals surface area (Å²) in [5.74, 6) is -0.566. The summed E-state index contributed by atoms with van der Waals surface area (Å²) in [5, 5.41) is 12.4. The van der Waals surface area contributed by atoms with Crippen LogP contribution in [0.15, 0.2) is 24.3 Å². The maximum absolute atomic E-state index is 13.3. The van der Waals surface area contributed by atoms with Crippen molar-refractivity contribution in [2.24, 2.45) is 0 Å². The van der Waals surface area contributed by atoms with Crippen molar-refractivity contribution in [2.75, 3.05) is 18.6 Å². The van der Waals surface area contributed by atoms with Crippen molar-refractivity contribution in [3.8, 4) is 0 Å². The fourth-order valence-corrected chi connectivity index (χ4v) is 2.10. The molecular formula is C12H16FNO2S. The summed E-state index contributed by atoms with van der Waals surface area (Å²) < 4.78 is 13.3. The van der Waals surface area contributed by atoms with Crippen LogP contribution in [0.2, 0.25) is 0 Å². The topological polar surface area (TPSA) is 49.3 Å². The molecule has 0 aliphatic rings. The van der Waals surface area contributed by atoms with Gasteiger partial charge in [0.1, 0.15) is 5.82 Å². The van der Waals surface area contributed by atoms with Crippen LogP contribution in [0.3, 0.4) is 0 Å². The van der Waals surface area contributed by atoms with E-state index >= 15 is 0 Å². The van der Waals surface area contributed by atoms with Crippen LogP contribution in [0.4, 0.5) is 4.39 Å². The zero-order valence-electron chi connectivity index (χ0n) is 9.87. The molecule has 1 atom stereocenters. The first-order chi connectivity index (χ1) is 7.96. The lowest BCUT2D eigenvalue weighted by Crippen LogP contribution is -2.42. The van der Waals surface area contributed by atoms with E-state index in [1.54, 1.807) is 13.0 Å². The van der Waals surface area contributed by atoms with E-state index in [1.165, 1.54) is 30.0 Å².